The molecule has 3 aromatic rings. The molecule has 0 aromatic heterocycles. The maximum absolute atomic E-state index is 12.9. The van der Waals surface area contributed by atoms with Crippen LogP contribution < -0.4 is 10.1 Å². The Bertz CT molecular complexity index is 1040. The third kappa shape index (κ3) is 5.43. The van der Waals surface area contributed by atoms with E-state index >= 15 is 0 Å². The predicted molar refractivity (Wildman–Crippen MR) is 107 cm³/mol. The summed E-state index contributed by atoms with van der Waals surface area (Å²) in [5, 5.41) is 2.96. The highest BCUT2D eigenvalue weighted by molar-refractivity contribution is 6.34. The van der Waals surface area contributed by atoms with Crippen molar-refractivity contribution in [1.29, 1.82) is 0 Å². The summed E-state index contributed by atoms with van der Waals surface area (Å²) in [5.74, 6) is -0.206. The Morgan fingerprint density at radius 1 is 0.931 bits per heavy atom. The number of ether oxygens (including phenoxy) is 1. The van der Waals surface area contributed by atoms with E-state index in [1.54, 1.807) is 24.3 Å². The van der Waals surface area contributed by atoms with Crippen molar-refractivity contribution in [3.63, 3.8) is 0 Å². The van der Waals surface area contributed by atoms with E-state index in [0.717, 1.165) is 23.8 Å². The first-order chi connectivity index (χ1) is 13.7. The lowest BCUT2D eigenvalue weighted by atomic mass is 10.1. The van der Waals surface area contributed by atoms with Gasteiger partial charge in [-0.3, -0.25) is 4.79 Å². The summed E-state index contributed by atoms with van der Waals surface area (Å²) in [6.45, 7) is 0.199. The lowest BCUT2D eigenvalue weighted by molar-refractivity contribution is -0.137. The van der Waals surface area contributed by atoms with E-state index in [1.807, 2.05) is 12.1 Å². The van der Waals surface area contributed by atoms with Crippen molar-refractivity contribution in [2.75, 3.05) is 5.32 Å². The van der Waals surface area contributed by atoms with Crippen LogP contribution in [0, 0.1) is 0 Å². The van der Waals surface area contributed by atoms with E-state index in [1.165, 1.54) is 12.1 Å². The monoisotopic (exact) mass is 439 g/mol. The third-order valence-electron chi connectivity index (χ3n) is 3.99. The van der Waals surface area contributed by atoms with Crippen LogP contribution in [-0.4, -0.2) is 5.91 Å². The Balaban J connectivity index is 1.74. The highest BCUT2D eigenvalue weighted by Gasteiger charge is 2.31. The predicted octanol–water partition coefficient (Wildman–Crippen LogP) is 6.84. The molecular weight excluding hydrogens is 426 g/mol. The van der Waals surface area contributed by atoms with Gasteiger partial charge in [0.1, 0.15) is 12.4 Å². The minimum Gasteiger partial charge on any atom is -0.489 e. The molecule has 0 unspecified atom stereocenters. The number of anilines is 1. The lowest BCUT2D eigenvalue weighted by Crippen LogP contribution is -2.13. The highest BCUT2D eigenvalue weighted by Crippen LogP contribution is 2.34. The molecule has 3 aromatic carbocycles. The topological polar surface area (TPSA) is 38.3 Å². The van der Waals surface area contributed by atoms with Gasteiger partial charge >= 0.3 is 6.18 Å². The van der Waals surface area contributed by atoms with E-state index in [0.29, 0.717) is 10.8 Å². The second-order valence-electron chi connectivity index (χ2n) is 6.05. The molecule has 8 heteroatoms. The fraction of sp³-hybridized carbons (Fsp3) is 0.0952. The normalized spacial score (nSPS) is 11.2. The van der Waals surface area contributed by atoms with Gasteiger partial charge in [-0.1, -0.05) is 47.5 Å². The Labute approximate surface area is 175 Å². The number of amides is 1. The third-order valence-corrected chi connectivity index (χ3v) is 4.69. The quantitative estimate of drug-likeness (QED) is 0.472. The number of halogens is 5. The highest BCUT2D eigenvalue weighted by atomic mass is 35.5. The van der Waals surface area contributed by atoms with Gasteiger partial charge in [-0.15, -0.1) is 0 Å². The molecule has 0 atom stereocenters. The number of carbonyl (C=O) groups is 1. The van der Waals surface area contributed by atoms with E-state index in [4.69, 9.17) is 27.9 Å². The summed E-state index contributed by atoms with van der Waals surface area (Å²) < 4.78 is 44.3. The van der Waals surface area contributed by atoms with Crippen molar-refractivity contribution in [2.45, 2.75) is 12.8 Å². The van der Waals surface area contributed by atoms with Gasteiger partial charge in [-0.2, -0.15) is 13.2 Å². The second kappa shape index (κ2) is 8.76. The van der Waals surface area contributed by atoms with Crippen LogP contribution in [-0.2, 0) is 12.8 Å². The first-order valence-electron chi connectivity index (χ1n) is 8.38. The Hall–Kier alpha value is -2.70. The van der Waals surface area contributed by atoms with Crippen LogP contribution in [0.3, 0.4) is 0 Å². The molecule has 0 heterocycles. The van der Waals surface area contributed by atoms with E-state index in [-0.39, 0.29) is 22.9 Å². The van der Waals surface area contributed by atoms with Crippen LogP contribution in [0.4, 0.5) is 18.9 Å². The van der Waals surface area contributed by atoms with Gasteiger partial charge in [-0.05, 0) is 42.5 Å². The van der Waals surface area contributed by atoms with Gasteiger partial charge in [0.05, 0.1) is 16.3 Å². The number of alkyl halides is 3. The number of rotatable bonds is 5. The summed E-state index contributed by atoms with van der Waals surface area (Å²) in [5.41, 5.74) is -0.0576. The Morgan fingerprint density at radius 2 is 1.69 bits per heavy atom. The molecule has 0 spiro atoms. The molecular formula is C21H14Cl2F3NO2. The molecule has 0 aliphatic rings. The fourth-order valence-corrected chi connectivity index (χ4v) is 2.85. The number of hydrogen-bond donors (Lipinski definition) is 1. The number of carbonyl (C=O) groups excluding carboxylic acids is 1. The molecule has 3 nitrogen and oxygen atoms in total. The maximum Gasteiger partial charge on any atom is 0.416 e. The summed E-state index contributed by atoms with van der Waals surface area (Å²) in [7, 11) is 0. The lowest BCUT2D eigenvalue weighted by Gasteiger charge is -2.12. The summed E-state index contributed by atoms with van der Waals surface area (Å²) in [6.07, 6.45) is -4.55. The Morgan fingerprint density at radius 3 is 2.41 bits per heavy atom. The van der Waals surface area contributed by atoms with Gasteiger partial charge in [0, 0.05) is 16.1 Å². The average molecular weight is 440 g/mol. The minimum atomic E-state index is -4.55. The zero-order valence-electron chi connectivity index (χ0n) is 14.8. The van der Waals surface area contributed by atoms with Crippen molar-refractivity contribution in [3.05, 3.63) is 93.5 Å². The van der Waals surface area contributed by atoms with E-state index < -0.39 is 17.6 Å². The molecule has 0 saturated carbocycles. The van der Waals surface area contributed by atoms with Gasteiger partial charge in [0.15, 0.2) is 0 Å². The summed E-state index contributed by atoms with van der Waals surface area (Å²) in [4.78, 5) is 12.5. The van der Waals surface area contributed by atoms with Crippen molar-refractivity contribution in [3.8, 4) is 5.75 Å². The van der Waals surface area contributed by atoms with Gasteiger partial charge < -0.3 is 10.1 Å². The first-order valence-corrected chi connectivity index (χ1v) is 9.14. The summed E-state index contributed by atoms with van der Waals surface area (Å²) >= 11 is 12.0. The van der Waals surface area contributed by atoms with Crippen LogP contribution in [0.1, 0.15) is 21.5 Å². The number of hydrogen-bond acceptors (Lipinski definition) is 2. The molecule has 0 aliphatic heterocycles. The zero-order valence-corrected chi connectivity index (χ0v) is 16.3. The van der Waals surface area contributed by atoms with Gasteiger partial charge in [0.25, 0.3) is 5.91 Å². The molecule has 29 heavy (non-hydrogen) atoms. The largest absolute Gasteiger partial charge is 0.489 e. The molecule has 0 fully saturated rings. The van der Waals surface area contributed by atoms with Crippen LogP contribution in [0.2, 0.25) is 10.0 Å². The first kappa shape index (κ1) is 21.0. The van der Waals surface area contributed by atoms with Gasteiger partial charge in [0.2, 0.25) is 0 Å². The standard InChI is InChI=1S/C21H14Cl2F3NO2/c22-17-7-2-1-4-14(17)12-29-16-6-3-5-13(10-16)20(28)27-19-11-15(21(24,25)26)8-9-18(19)23/h1-11H,12H2,(H,27,28). The minimum absolute atomic E-state index is 0.00234. The molecule has 1 amide bonds. The van der Waals surface area contributed by atoms with Crippen LogP contribution >= 0.6 is 23.2 Å². The Kier molecular flexibility index (Phi) is 6.35. The molecule has 1 N–H and O–H groups in total. The maximum atomic E-state index is 12.9. The van der Waals surface area contributed by atoms with Crippen molar-refractivity contribution in [2.24, 2.45) is 0 Å². The van der Waals surface area contributed by atoms with Crippen molar-refractivity contribution >= 4 is 34.8 Å². The van der Waals surface area contributed by atoms with Crippen LogP contribution in [0.25, 0.3) is 0 Å². The van der Waals surface area contributed by atoms with E-state index in [9.17, 15) is 18.0 Å². The molecule has 150 valence electrons. The average Bonchev–Trinajstić information content (AvgIpc) is 2.68. The fourth-order valence-electron chi connectivity index (χ4n) is 2.50. The van der Waals surface area contributed by atoms with E-state index in [2.05, 4.69) is 5.32 Å². The molecule has 0 bridgehead atoms. The van der Waals surface area contributed by atoms with Gasteiger partial charge in [-0.25, -0.2) is 0 Å². The second-order valence-corrected chi connectivity index (χ2v) is 6.87. The van der Waals surface area contributed by atoms with Crippen LogP contribution in [0.15, 0.2) is 66.7 Å². The molecule has 0 aliphatic carbocycles. The SMILES string of the molecule is O=C(Nc1cc(C(F)(F)F)ccc1Cl)c1cccc(OCc2ccccc2Cl)c1. The van der Waals surface area contributed by atoms with Crippen molar-refractivity contribution in [1.82, 2.24) is 0 Å². The number of nitrogens with one attached hydrogen (secondary N) is 1. The smallest absolute Gasteiger partial charge is 0.416 e. The zero-order chi connectivity index (χ0) is 21.0. The molecule has 0 saturated heterocycles. The number of benzene rings is 3. The molecule has 3 rings (SSSR count). The summed E-state index contributed by atoms with van der Waals surface area (Å²) in [6, 6.07) is 16.2. The van der Waals surface area contributed by atoms with Crippen LogP contribution in [0.5, 0.6) is 5.75 Å². The molecule has 0 radical (unpaired) electrons. The van der Waals surface area contributed by atoms with Crippen molar-refractivity contribution < 1.29 is 22.7 Å².